The molecule has 0 amide bonds. The highest BCUT2D eigenvalue weighted by Gasteiger charge is 2.43. The summed E-state index contributed by atoms with van der Waals surface area (Å²) in [5, 5.41) is -0.797. The van der Waals surface area contributed by atoms with Crippen molar-refractivity contribution in [3.8, 4) is 0 Å². The first-order chi connectivity index (χ1) is 8.19. The number of nitrogens with zero attached hydrogens (tertiary/aromatic N) is 1. The van der Waals surface area contributed by atoms with Gasteiger partial charge in [0, 0.05) is 25.4 Å². The summed E-state index contributed by atoms with van der Waals surface area (Å²) in [5.74, 6) is 0.483. The van der Waals surface area contributed by atoms with E-state index in [-0.39, 0.29) is 12.0 Å². The van der Waals surface area contributed by atoms with Gasteiger partial charge in [0.05, 0.1) is 0 Å². The Bertz CT molecular complexity index is 514. The molecule has 1 heterocycles. The minimum atomic E-state index is -3.71. The van der Waals surface area contributed by atoms with Crippen molar-refractivity contribution in [3.63, 3.8) is 0 Å². The summed E-state index contributed by atoms with van der Waals surface area (Å²) in [6, 6.07) is 0.0437. The van der Waals surface area contributed by atoms with Gasteiger partial charge in [-0.3, -0.25) is 0 Å². The molecule has 2 N–H and O–H groups in total. The van der Waals surface area contributed by atoms with Crippen LogP contribution in [0.15, 0.2) is 0 Å². The van der Waals surface area contributed by atoms with Gasteiger partial charge in [-0.2, -0.15) is 0 Å². The van der Waals surface area contributed by atoms with Gasteiger partial charge in [-0.15, -0.1) is 0 Å². The third kappa shape index (κ3) is 3.04. The van der Waals surface area contributed by atoms with E-state index in [0.29, 0.717) is 19.0 Å². The third-order valence-corrected chi connectivity index (χ3v) is 7.87. The van der Waals surface area contributed by atoms with Crippen LogP contribution in [0, 0.1) is 11.8 Å². The number of rotatable bonds is 3. The van der Waals surface area contributed by atoms with Gasteiger partial charge in [0.25, 0.3) is 0 Å². The van der Waals surface area contributed by atoms with E-state index in [4.69, 9.17) is 5.73 Å². The summed E-state index contributed by atoms with van der Waals surface area (Å²) in [7, 11) is -7.24. The zero-order valence-corrected chi connectivity index (χ0v) is 12.1. The zero-order chi connectivity index (χ0) is 13.6. The molecule has 2 aliphatic rings. The van der Waals surface area contributed by atoms with E-state index >= 15 is 0 Å². The van der Waals surface area contributed by atoms with Gasteiger partial charge in [0.15, 0.2) is 14.9 Å². The van der Waals surface area contributed by atoms with E-state index in [1.165, 1.54) is 4.31 Å². The molecular formula is C10H20N2O4S2. The Kier molecular flexibility index (Phi) is 3.74. The third-order valence-electron chi connectivity index (χ3n) is 3.88. The summed E-state index contributed by atoms with van der Waals surface area (Å²) in [6.45, 7) is 0.805. The van der Waals surface area contributed by atoms with E-state index in [1.807, 2.05) is 0 Å². The lowest BCUT2D eigenvalue weighted by Gasteiger charge is -2.29. The Morgan fingerprint density at radius 3 is 2.39 bits per heavy atom. The summed E-state index contributed by atoms with van der Waals surface area (Å²) < 4.78 is 47.6. The molecule has 2 fully saturated rings. The van der Waals surface area contributed by atoms with Crippen molar-refractivity contribution < 1.29 is 16.8 Å². The number of fused-ring (bicyclic) bond motifs is 1. The van der Waals surface area contributed by atoms with Crippen molar-refractivity contribution in [3.05, 3.63) is 0 Å². The molecule has 0 spiro atoms. The quantitative estimate of drug-likeness (QED) is 0.748. The molecule has 3 atom stereocenters. The van der Waals surface area contributed by atoms with Crippen LogP contribution in [-0.4, -0.2) is 51.6 Å². The molecule has 1 aliphatic heterocycles. The summed E-state index contributed by atoms with van der Waals surface area (Å²) in [4.78, 5) is 0. The second kappa shape index (κ2) is 4.73. The number of sulfone groups is 1. The van der Waals surface area contributed by atoms with Crippen LogP contribution < -0.4 is 5.73 Å². The monoisotopic (exact) mass is 296 g/mol. The van der Waals surface area contributed by atoms with Gasteiger partial charge in [-0.05, 0) is 24.7 Å². The van der Waals surface area contributed by atoms with Crippen LogP contribution in [0.2, 0.25) is 0 Å². The topological polar surface area (TPSA) is 97.5 Å². The molecule has 2 rings (SSSR count). The summed E-state index contributed by atoms with van der Waals surface area (Å²) in [5.41, 5.74) is 6.01. The fourth-order valence-corrected chi connectivity index (χ4v) is 6.63. The minimum Gasteiger partial charge on any atom is -0.327 e. The van der Waals surface area contributed by atoms with Gasteiger partial charge < -0.3 is 5.73 Å². The Balaban J connectivity index is 2.13. The van der Waals surface area contributed by atoms with Crippen molar-refractivity contribution in [2.45, 2.75) is 25.3 Å². The minimum absolute atomic E-state index is 0.0437. The van der Waals surface area contributed by atoms with E-state index in [0.717, 1.165) is 25.5 Å². The Morgan fingerprint density at radius 1 is 1.17 bits per heavy atom. The normalized spacial score (nSPS) is 34.4. The molecule has 1 aliphatic carbocycles. The molecule has 1 saturated carbocycles. The molecule has 8 heteroatoms. The summed E-state index contributed by atoms with van der Waals surface area (Å²) >= 11 is 0. The number of hydrogen-bond donors (Lipinski definition) is 1. The Morgan fingerprint density at radius 2 is 1.83 bits per heavy atom. The molecule has 6 nitrogen and oxygen atoms in total. The lowest BCUT2D eigenvalue weighted by atomic mass is 9.78. The van der Waals surface area contributed by atoms with Crippen molar-refractivity contribution in [1.82, 2.24) is 4.31 Å². The van der Waals surface area contributed by atoms with E-state index < -0.39 is 24.9 Å². The van der Waals surface area contributed by atoms with E-state index in [2.05, 4.69) is 0 Å². The van der Waals surface area contributed by atoms with Crippen LogP contribution in [0.3, 0.4) is 0 Å². The van der Waals surface area contributed by atoms with Gasteiger partial charge >= 0.3 is 0 Å². The zero-order valence-electron chi connectivity index (χ0n) is 10.4. The first-order valence-corrected chi connectivity index (χ1v) is 9.77. The first-order valence-electron chi connectivity index (χ1n) is 6.10. The van der Waals surface area contributed by atoms with Crippen LogP contribution in [0.4, 0.5) is 0 Å². The Hall–Kier alpha value is -0.180. The maximum absolute atomic E-state index is 12.0. The maximum Gasteiger partial charge on any atom is 0.228 e. The smallest absolute Gasteiger partial charge is 0.228 e. The lowest BCUT2D eigenvalue weighted by Crippen LogP contribution is -2.39. The highest BCUT2D eigenvalue weighted by molar-refractivity contribution is 8.06. The second-order valence-electron chi connectivity index (χ2n) is 5.49. The number of nitrogens with two attached hydrogens (primary N) is 1. The van der Waals surface area contributed by atoms with E-state index in [9.17, 15) is 16.8 Å². The van der Waals surface area contributed by atoms with Gasteiger partial charge in [-0.1, -0.05) is 6.42 Å². The highest BCUT2D eigenvalue weighted by Crippen LogP contribution is 2.36. The SMILES string of the molecule is CS(=O)(=O)CS(=O)(=O)N1CC2CCCC(N)C2C1. The molecule has 0 aromatic rings. The predicted molar refractivity (Wildman–Crippen MR) is 69.0 cm³/mol. The molecule has 0 aromatic carbocycles. The fraction of sp³-hybridized carbons (Fsp3) is 1.00. The van der Waals surface area contributed by atoms with Gasteiger partial charge in [-0.25, -0.2) is 21.1 Å². The standard InChI is InChI=1S/C10H20N2O4S2/c1-17(13,14)7-18(15,16)12-5-8-3-2-4-10(11)9(8)6-12/h8-10H,2-7,11H2,1H3. The van der Waals surface area contributed by atoms with Gasteiger partial charge in [0.1, 0.15) is 0 Å². The molecule has 3 unspecified atom stereocenters. The molecule has 0 radical (unpaired) electrons. The van der Waals surface area contributed by atoms with Crippen LogP contribution in [0.5, 0.6) is 0 Å². The molecule has 0 aromatic heterocycles. The van der Waals surface area contributed by atoms with Crippen molar-refractivity contribution in [1.29, 1.82) is 0 Å². The maximum atomic E-state index is 12.0. The van der Waals surface area contributed by atoms with Gasteiger partial charge in [0.2, 0.25) is 10.0 Å². The highest BCUT2D eigenvalue weighted by atomic mass is 32.3. The molecule has 0 bridgehead atoms. The molecule has 106 valence electrons. The lowest BCUT2D eigenvalue weighted by molar-refractivity contribution is 0.260. The number of hydrogen-bond acceptors (Lipinski definition) is 5. The second-order valence-corrected chi connectivity index (χ2v) is 9.97. The largest absolute Gasteiger partial charge is 0.327 e. The van der Waals surface area contributed by atoms with Crippen LogP contribution in [0.25, 0.3) is 0 Å². The van der Waals surface area contributed by atoms with Crippen molar-refractivity contribution >= 4 is 19.9 Å². The van der Waals surface area contributed by atoms with Crippen LogP contribution >= 0.6 is 0 Å². The van der Waals surface area contributed by atoms with Crippen molar-refractivity contribution in [2.24, 2.45) is 17.6 Å². The fourth-order valence-electron chi connectivity index (χ4n) is 3.05. The van der Waals surface area contributed by atoms with Crippen molar-refractivity contribution in [2.75, 3.05) is 24.4 Å². The Labute approximate surface area is 108 Å². The predicted octanol–water partition coefficient (Wildman–Crippen LogP) is -0.622. The summed E-state index contributed by atoms with van der Waals surface area (Å²) in [6.07, 6.45) is 3.89. The average Bonchev–Trinajstić information content (AvgIpc) is 2.59. The number of sulfonamides is 1. The first kappa shape index (κ1) is 14.2. The van der Waals surface area contributed by atoms with Crippen LogP contribution in [-0.2, 0) is 19.9 Å². The molecule has 1 saturated heterocycles. The van der Waals surface area contributed by atoms with Crippen LogP contribution in [0.1, 0.15) is 19.3 Å². The average molecular weight is 296 g/mol. The van der Waals surface area contributed by atoms with E-state index in [1.54, 1.807) is 0 Å². The molecule has 18 heavy (non-hydrogen) atoms. The molecular weight excluding hydrogens is 276 g/mol.